The van der Waals surface area contributed by atoms with Crippen molar-refractivity contribution in [3.8, 4) is 5.75 Å². The molecule has 1 fully saturated rings. The minimum atomic E-state index is -3.39. The van der Waals surface area contributed by atoms with Gasteiger partial charge in [0.25, 0.3) is 16.1 Å². The van der Waals surface area contributed by atoms with Crippen LogP contribution in [0, 0.1) is 6.92 Å². The Kier molecular flexibility index (Phi) is 6.79. The molecular weight excluding hydrogens is 406 g/mol. The number of hydrogen-bond donors (Lipinski definition) is 1. The number of rotatable bonds is 7. The van der Waals surface area contributed by atoms with Gasteiger partial charge in [0.1, 0.15) is 17.7 Å². The minimum Gasteiger partial charge on any atom is -0.490 e. The van der Waals surface area contributed by atoms with Gasteiger partial charge in [-0.25, -0.2) is 4.98 Å². The highest BCUT2D eigenvalue weighted by Gasteiger charge is 2.30. The van der Waals surface area contributed by atoms with Crippen LogP contribution in [0.1, 0.15) is 34.7 Å². The Morgan fingerprint density at radius 3 is 2.57 bits per heavy atom. The second kappa shape index (κ2) is 9.15. The molecule has 1 aromatic heterocycles. The number of aromatic amines is 1. The normalized spacial score (nSPS) is 16.0. The predicted molar refractivity (Wildman–Crippen MR) is 113 cm³/mol. The van der Waals surface area contributed by atoms with Gasteiger partial charge < -0.3 is 14.6 Å². The molecule has 30 heavy (non-hydrogen) atoms. The van der Waals surface area contributed by atoms with Crippen molar-refractivity contribution < 1.29 is 17.9 Å². The highest BCUT2D eigenvalue weighted by Crippen LogP contribution is 2.22. The lowest BCUT2D eigenvalue weighted by atomic mass is 10.1. The fourth-order valence-electron chi connectivity index (χ4n) is 3.37. The molecule has 10 heteroatoms. The third-order valence-electron chi connectivity index (χ3n) is 5.06. The molecule has 2 heterocycles. The van der Waals surface area contributed by atoms with Crippen molar-refractivity contribution in [1.29, 1.82) is 0 Å². The fourth-order valence-corrected chi connectivity index (χ4v) is 4.50. The van der Waals surface area contributed by atoms with Gasteiger partial charge in [-0.1, -0.05) is 6.07 Å². The number of hydrogen-bond acceptors (Lipinski definition) is 5. The first-order valence-electron chi connectivity index (χ1n) is 9.87. The summed E-state index contributed by atoms with van der Waals surface area (Å²) in [4.78, 5) is 21.7. The van der Waals surface area contributed by atoms with Crippen LogP contribution in [0.25, 0.3) is 0 Å². The van der Waals surface area contributed by atoms with E-state index in [1.54, 1.807) is 36.3 Å². The Balaban J connectivity index is 1.59. The molecule has 3 rings (SSSR count). The molecule has 1 N–H and O–H groups in total. The molecule has 1 aliphatic heterocycles. The van der Waals surface area contributed by atoms with Gasteiger partial charge in [0.15, 0.2) is 0 Å². The molecule has 0 saturated carbocycles. The summed E-state index contributed by atoms with van der Waals surface area (Å²) in [6.07, 6.45) is 2.84. The summed E-state index contributed by atoms with van der Waals surface area (Å²) >= 11 is 0. The number of benzene rings is 1. The number of imidazole rings is 1. The lowest BCUT2D eigenvalue weighted by molar-refractivity contribution is 0.0780. The minimum absolute atomic E-state index is 0.0900. The van der Waals surface area contributed by atoms with E-state index in [-0.39, 0.29) is 12.0 Å². The number of nitrogens with one attached hydrogen (secondary N) is 1. The number of aromatic nitrogens is 2. The maximum atomic E-state index is 12.8. The van der Waals surface area contributed by atoms with Crippen molar-refractivity contribution in [2.24, 2.45) is 0 Å². The topological polar surface area (TPSA) is 98.8 Å². The first-order chi connectivity index (χ1) is 14.2. The van der Waals surface area contributed by atoms with E-state index in [1.807, 2.05) is 13.0 Å². The maximum absolute atomic E-state index is 12.8. The zero-order chi connectivity index (χ0) is 21.9. The largest absolute Gasteiger partial charge is 0.490 e. The number of H-pyrrole nitrogens is 1. The Hall–Kier alpha value is -2.43. The molecule has 1 aromatic carbocycles. The van der Waals surface area contributed by atoms with Gasteiger partial charge in [-0.3, -0.25) is 4.79 Å². The summed E-state index contributed by atoms with van der Waals surface area (Å²) in [5.41, 5.74) is 1.48. The van der Waals surface area contributed by atoms with Crippen LogP contribution in [0.3, 0.4) is 0 Å². The van der Waals surface area contributed by atoms with Crippen LogP contribution in [0.2, 0.25) is 0 Å². The number of carbonyl (C=O) groups is 1. The van der Waals surface area contributed by atoms with Gasteiger partial charge in [0.2, 0.25) is 0 Å². The predicted octanol–water partition coefficient (Wildman–Crippen LogP) is 1.64. The smallest absolute Gasteiger partial charge is 0.281 e. The van der Waals surface area contributed by atoms with Crippen molar-refractivity contribution in [2.75, 3.05) is 34.2 Å². The summed E-state index contributed by atoms with van der Waals surface area (Å²) in [6.45, 7) is 3.13. The summed E-state index contributed by atoms with van der Waals surface area (Å²) in [5, 5.41) is 0. The SMILES string of the molecule is Cc1cnc(CN(C)C(=O)c2cccc(OC3CCN(S(=O)(=O)N(C)C)CC3)c2)[nH]1. The highest BCUT2D eigenvalue weighted by atomic mass is 32.2. The summed E-state index contributed by atoms with van der Waals surface area (Å²) in [6, 6.07) is 7.09. The number of carbonyl (C=O) groups excluding carboxylic acids is 1. The van der Waals surface area contributed by atoms with E-state index in [2.05, 4.69) is 9.97 Å². The van der Waals surface area contributed by atoms with Crippen LogP contribution in [0.15, 0.2) is 30.5 Å². The van der Waals surface area contributed by atoms with E-state index in [9.17, 15) is 13.2 Å². The second-order valence-electron chi connectivity index (χ2n) is 7.71. The van der Waals surface area contributed by atoms with E-state index in [0.29, 0.717) is 43.8 Å². The monoisotopic (exact) mass is 435 g/mol. The average molecular weight is 436 g/mol. The van der Waals surface area contributed by atoms with E-state index in [1.165, 1.54) is 22.7 Å². The van der Waals surface area contributed by atoms with E-state index < -0.39 is 10.2 Å². The first kappa shape index (κ1) is 22.3. The zero-order valence-corrected chi connectivity index (χ0v) is 18.6. The van der Waals surface area contributed by atoms with Crippen molar-refractivity contribution in [3.63, 3.8) is 0 Å². The van der Waals surface area contributed by atoms with Crippen LogP contribution in [0.5, 0.6) is 5.75 Å². The van der Waals surface area contributed by atoms with Gasteiger partial charge in [0, 0.05) is 51.7 Å². The molecule has 1 amide bonds. The standard InChI is InChI=1S/C20H29N5O4S/c1-15-13-21-19(22-15)14-24(4)20(26)16-6-5-7-18(12-16)29-17-8-10-25(11-9-17)30(27,28)23(2)3/h5-7,12-13,17H,8-11,14H2,1-4H3,(H,21,22). The van der Waals surface area contributed by atoms with E-state index in [4.69, 9.17) is 4.74 Å². The van der Waals surface area contributed by atoms with Crippen LogP contribution in [-0.2, 0) is 16.8 Å². The van der Waals surface area contributed by atoms with Crippen LogP contribution in [-0.4, -0.2) is 78.1 Å². The first-order valence-corrected chi connectivity index (χ1v) is 11.3. The van der Waals surface area contributed by atoms with Crippen LogP contribution in [0.4, 0.5) is 0 Å². The van der Waals surface area contributed by atoms with Crippen molar-refractivity contribution in [3.05, 3.63) is 47.5 Å². The van der Waals surface area contributed by atoms with Crippen LogP contribution < -0.4 is 4.74 Å². The lowest BCUT2D eigenvalue weighted by Crippen LogP contribution is -2.46. The summed E-state index contributed by atoms with van der Waals surface area (Å²) in [7, 11) is 1.40. The molecule has 0 unspecified atom stereocenters. The second-order valence-corrected chi connectivity index (χ2v) is 9.85. The maximum Gasteiger partial charge on any atom is 0.281 e. The lowest BCUT2D eigenvalue weighted by Gasteiger charge is -2.32. The molecule has 0 bridgehead atoms. The Morgan fingerprint density at radius 2 is 1.97 bits per heavy atom. The summed E-state index contributed by atoms with van der Waals surface area (Å²) in [5.74, 6) is 1.22. The van der Waals surface area contributed by atoms with Gasteiger partial charge in [0.05, 0.1) is 6.54 Å². The average Bonchev–Trinajstić information content (AvgIpc) is 3.12. The number of nitrogens with zero attached hydrogens (tertiary/aromatic N) is 4. The summed E-state index contributed by atoms with van der Waals surface area (Å²) < 4.78 is 33.2. The molecule has 1 aliphatic rings. The van der Waals surface area contributed by atoms with Gasteiger partial charge in [-0.05, 0) is 38.0 Å². The number of aryl methyl sites for hydroxylation is 1. The van der Waals surface area contributed by atoms with E-state index >= 15 is 0 Å². The molecule has 0 aliphatic carbocycles. The highest BCUT2D eigenvalue weighted by molar-refractivity contribution is 7.86. The van der Waals surface area contributed by atoms with Gasteiger partial charge in [-0.15, -0.1) is 0 Å². The molecule has 164 valence electrons. The number of ether oxygens (including phenoxy) is 1. The molecule has 9 nitrogen and oxygen atoms in total. The number of amides is 1. The third-order valence-corrected chi connectivity index (χ3v) is 7.00. The van der Waals surface area contributed by atoms with Crippen molar-refractivity contribution >= 4 is 16.1 Å². The Labute approximate surface area is 177 Å². The zero-order valence-electron chi connectivity index (χ0n) is 17.8. The van der Waals surface area contributed by atoms with Crippen LogP contribution >= 0.6 is 0 Å². The third kappa shape index (κ3) is 5.18. The molecule has 2 aromatic rings. The molecule has 0 spiro atoms. The Bertz CT molecular complexity index is 981. The van der Waals surface area contributed by atoms with Crippen molar-refractivity contribution in [1.82, 2.24) is 23.5 Å². The molecule has 1 saturated heterocycles. The van der Waals surface area contributed by atoms with Gasteiger partial charge >= 0.3 is 0 Å². The molecular formula is C20H29N5O4S. The molecule has 0 radical (unpaired) electrons. The Morgan fingerprint density at radius 1 is 1.27 bits per heavy atom. The number of piperidine rings is 1. The van der Waals surface area contributed by atoms with Gasteiger partial charge in [-0.2, -0.15) is 17.0 Å². The van der Waals surface area contributed by atoms with E-state index in [0.717, 1.165) is 11.5 Å². The van der Waals surface area contributed by atoms with Crippen molar-refractivity contribution in [2.45, 2.75) is 32.4 Å². The fraction of sp³-hybridized carbons (Fsp3) is 0.500. The quantitative estimate of drug-likeness (QED) is 0.713. The molecule has 0 atom stereocenters.